The molecule has 172 valence electrons. The first-order valence-corrected chi connectivity index (χ1v) is 11.8. The number of fused-ring (bicyclic) bond motifs is 1. The lowest BCUT2D eigenvalue weighted by molar-refractivity contribution is 0.218. The molecule has 3 aromatic heterocycles. The summed E-state index contributed by atoms with van der Waals surface area (Å²) in [5.74, 6) is 0.722. The lowest BCUT2D eigenvalue weighted by atomic mass is 9.86. The lowest BCUT2D eigenvalue weighted by Crippen LogP contribution is -2.22. The van der Waals surface area contributed by atoms with Crippen molar-refractivity contribution in [3.05, 3.63) is 60.7 Å². The first kappa shape index (κ1) is 25.4. The number of rotatable bonds is 6. The SMILES string of the molecule is CC.CC.Cn1ncc2cccc(NSc3cnn(-c4cc(C(C)(C)CO)ccn4)c3)c21. The van der Waals surface area contributed by atoms with E-state index in [0.29, 0.717) is 0 Å². The Morgan fingerprint density at radius 2 is 1.81 bits per heavy atom. The van der Waals surface area contributed by atoms with E-state index in [1.807, 2.05) is 96.0 Å². The van der Waals surface area contributed by atoms with Gasteiger partial charge >= 0.3 is 0 Å². The Labute approximate surface area is 195 Å². The molecule has 1 aromatic carbocycles. The number of aryl methyl sites for hydroxylation is 1. The number of aliphatic hydroxyl groups is 1. The number of hydrogen-bond acceptors (Lipinski definition) is 6. The van der Waals surface area contributed by atoms with E-state index in [1.54, 1.807) is 17.1 Å². The predicted molar refractivity (Wildman–Crippen MR) is 134 cm³/mol. The van der Waals surface area contributed by atoms with Crippen LogP contribution in [-0.2, 0) is 12.5 Å². The fourth-order valence-corrected chi connectivity index (χ4v) is 3.61. The van der Waals surface area contributed by atoms with Gasteiger partial charge in [0.2, 0.25) is 0 Å². The fraction of sp³-hybridized carbons (Fsp3) is 0.375. The van der Waals surface area contributed by atoms with Crippen LogP contribution in [0.3, 0.4) is 0 Å². The molecule has 0 amide bonds. The molecule has 0 aliphatic heterocycles. The van der Waals surface area contributed by atoms with Crippen LogP contribution < -0.4 is 4.72 Å². The van der Waals surface area contributed by atoms with Gasteiger partial charge in [0.25, 0.3) is 0 Å². The third kappa shape index (κ3) is 5.69. The minimum atomic E-state index is -0.328. The molecule has 0 atom stereocenters. The van der Waals surface area contributed by atoms with Gasteiger partial charge in [-0.1, -0.05) is 53.7 Å². The molecule has 8 heteroatoms. The molecule has 4 rings (SSSR count). The van der Waals surface area contributed by atoms with Gasteiger partial charge in [0.05, 0.1) is 35.1 Å². The lowest BCUT2D eigenvalue weighted by Gasteiger charge is -2.22. The largest absolute Gasteiger partial charge is 0.395 e. The molecule has 32 heavy (non-hydrogen) atoms. The zero-order valence-corrected chi connectivity index (χ0v) is 20.8. The van der Waals surface area contributed by atoms with Gasteiger partial charge in [-0.25, -0.2) is 9.67 Å². The molecule has 0 saturated heterocycles. The second-order valence-electron chi connectivity index (χ2n) is 7.28. The predicted octanol–water partition coefficient (Wildman–Crippen LogP) is 5.60. The maximum atomic E-state index is 9.61. The second-order valence-corrected chi connectivity index (χ2v) is 8.16. The van der Waals surface area contributed by atoms with Gasteiger partial charge in [-0.05, 0) is 35.7 Å². The van der Waals surface area contributed by atoms with E-state index in [0.717, 1.165) is 32.9 Å². The third-order valence-corrected chi connectivity index (χ3v) is 5.52. The topological polar surface area (TPSA) is 80.8 Å². The third-order valence-electron chi connectivity index (χ3n) is 4.76. The Kier molecular flexibility index (Phi) is 9.28. The first-order valence-electron chi connectivity index (χ1n) is 10.9. The van der Waals surface area contributed by atoms with Crippen molar-refractivity contribution in [1.82, 2.24) is 24.5 Å². The van der Waals surface area contributed by atoms with E-state index in [1.165, 1.54) is 11.9 Å². The number of nitrogens with one attached hydrogen (secondary N) is 1. The molecule has 4 aromatic rings. The van der Waals surface area contributed by atoms with Crippen molar-refractivity contribution in [2.45, 2.75) is 51.9 Å². The normalized spacial score (nSPS) is 10.8. The van der Waals surface area contributed by atoms with E-state index in [-0.39, 0.29) is 12.0 Å². The van der Waals surface area contributed by atoms with Gasteiger partial charge in [0.15, 0.2) is 5.82 Å². The van der Waals surface area contributed by atoms with Crippen LogP contribution in [0.15, 0.2) is 60.0 Å². The van der Waals surface area contributed by atoms with Crippen LogP contribution in [0.1, 0.15) is 47.1 Å². The average Bonchev–Trinajstić information content (AvgIpc) is 3.48. The number of pyridine rings is 1. The Morgan fingerprint density at radius 1 is 1.06 bits per heavy atom. The molecular weight excluding hydrogens is 420 g/mol. The zero-order chi connectivity index (χ0) is 23.7. The summed E-state index contributed by atoms with van der Waals surface area (Å²) in [5, 5.41) is 19.4. The molecule has 0 unspecified atom stereocenters. The van der Waals surface area contributed by atoms with Crippen molar-refractivity contribution >= 4 is 28.5 Å². The highest BCUT2D eigenvalue weighted by atomic mass is 32.2. The number of benzene rings is 1. The Morgan fingerprint density at radius 3 is 2.53 bits per heavy atom. The summed E-state index contributed by atoms with van der Waals surface area (Å²) < 4.78 is 6.99. The molecule has 2 N–H and O–H groups in total. The summed E-state index contributed by atoms with van der Waals surface area (Å²) in [5.41, 5.74) is 2.75. The molecule has 7 nitrogen and oxygen atoms in total. The maximum Gasteiger partial charge on any atom is 0.153 e. The van der Waals surface area contributed by atoms with E-state index in [9.17, 15) is 5.11 Å². The Hall–Kier alpha value is -2.84. The van der Waals surface area contributed by atoms with Gasteiger partial charge in [0, 0.05) is 30.2 Å². The molecule has 0 aliphatic carbocycles. The summed E-state index contributed by atoms with van der Waals surface area (Å²) >= 11 is 1.49. The first-order chi connectivity index (χ1) is 15.5. The van der Waals surface area contributed by atoms with E-state index in [4.69, 9.17) is 0 Å². The summed E-state index contributed by atoms with van der Waals surface area (Å²) in [6.07, 6.45) is 7.33. The number of para-hydroxylation sites is 1. The molecule has 0 aliphatic rings. The van der Waals surface area contributed by atoms with Crippen LogP contribution in [0.2, 0.25) is 0 Å². The van der Waals surface area contributed by atoms with Crippen LogP contribution >= 0.6 is 11.9 Å². The van der Waals surface area contributed by atoms with Gasteiger partial charge < -0.3 is 9.83 Å². The fourth-order valence-electron chi connectivity index (χ4n) is 2.97. The van der Waals surface area contributed by atoms with Gasteiger partial charge in [0.1, 0.15) is 0 Å². The molecule has 0 bridgehead atoms. The maximum absolute atomic E-state index is 9.61. The van der Waals surface area contributed by atoms with Gasteiger partial charge in [-0.15, -0.1) is 0 Å². The number of aromatic nitrogens is 5. The van der Waals surface area contributed by atoms with Gasteiger partial charge in [-0.2, -0.15) is 10.2 Å². The van der Waals surface area contributed by atoms with E-state index in [2.05, 4.69) is 19.9 Å². The highest BCUT2D eigenvalue weighted by molar-refractivity contribution is 8.00. The number of hydrogen-bond donors (Lipinski definition) is 2. The quantitative estimate of drug-likeness (QED) is 0.369. The molecule has 3 heterocycles. The Balaban J connectivity index is 0.000000860. The van der Waals surface area contributed by atoms with Crippen molar-refractivity contribution in [2.75, 3.05) is 11.3 Å². The van der Waals surface area contributed by atoms with Crippen LogP contribution in [-0.4, -0.2) is 36.3 Å². The van der Waals surface area contributed by atoms with Crippen LogP contribution in [0.5, 0.6) is 0 Å². The summed E-state index contributed by atoms with van der Waals surface area (Å²) in [6.45, 7) is 12.1. The number of nitrogens with zero attached hydrogens (tertiary/aromatic N) is 5. The Bertz CT molecular complexity index is 1120. The number of aliphatic hydroxyl groups excluding tert-OH is 1. The van der Waals surface area contributed by atoms with Crippen molar-refractivity contribution in [1.29, 1.82) is 0 Å². The van der Waals surface area contributed by atoms with Crippen LogP contribution in [0, 0.1) is 0 Å². The van der Waals surface area contributed by atoms with Crippen LogP contribution in [0.25, 0.3) is 16.7 Å². The minimum Gasteiger partial charge on any atom is -0.395 e. The smallest absolute Gasteiger partial charge is 0.153 e. The number of anilines is 1. The average molecular weight is 455 g/mol. The monoisotopic (exact) mass is 454 g/mol. The van der Waals surface area contributed by atoms with Crippen molar-refractivity contribution in [2.24, 2.45) is 7.05 Å². The minimum absolute atomic E-state index is 0.0696. The summed E-state index contributed by atoms with van der Waals surface area (Å²) in [7, 11) is 1.93. The van der Waals surface area contributed by atoms with E-state index < -0.39 is 0 Å². The highest BCUT2D eigenvalue weighted by Crippen LogP contribution is 2.28. The highest BCUT2D eigenvalue weighted by Gasteiger charge is 2.20. The van der Waals surface area contributed by atoms with Crippen LogP contribution in [0.4, 0.5) is 5.69 Å². The molecular formula is C24H34N6OS. The molecule has 0 fully saturated rings. The standard InChI is InChI=1S/C20H22N6OS.2C2H6/c1-20(2,13-27)15-7-8-21-18(9-15)26-12-16(11-23-26)28-24-17-6-4-5-14-10-22-25(3)19(14)17;2*1-2/h4-12,24,27H,13H2,1-3H3;2*1-2H3. The zero-order valence-electron chi connectivity index (χ0n) is 20.0. The van der Waals surface area contributed by atoms with Gasteiger partial charge in [-0.3, -0.25) is 4.68 Å². The van der Waals surface area contributed by atoms with Crippen molar-refractivity contribution < 1.29 is 5.11 Å². The van der Waals surface area contributed by atoms with Crippen molar-refractivity contribution in [3.8, 4) is 5.82 Å². The molecule has 0 radical (unpaired) electrons. The molecule has 0 saturated carbocycles. The van der Waals surface area contributed by atoms with E-state index >= 15 is 0 Å². The molecule has 0 spiro atoms. The summed E-state index contributed by atoms with van der Waals surface area (Å²) in [6, 6.07) is 9.97. The summed E-state index contributed by atoms with van der Waals surface area (Å²) in [4.78, 5) is 5.38. The van der Waals surface area contributed by atoms with Crippen molar-refractivity contribution in [3.63, 3.8) is 0 Å². The second kappa shape index (κ2) is 11.7.